The van der Waals surface area contributed by atoms with E-state index in [-0.39, 0.29) is 12.1 Å². The van der Waals surface area contributed by atoms with Crippen molar-refractivity contribution in [2.75, 3.05) is 18.1 Å². The molecule has 0 aliphatic carbocycles. The third-order valence-corrected chi connectivity index (χ3v) is 7.33. The van der Waals surface area contributed by atoms with Crippen molar-refractivity contribution in [1.82, 2.24) is 14.7 Å². The Morgan fingerprint density at radius 3 is 2.67 bits per heavy atom. The predicted octanol–water partition coefficient (Wildman–Crippen LogP) is 4.49. The van der Waals surface area contributed by atoms with Gasteiger partial charge in [0.25, 0.3) is 0 Å². The van der Waals surface area contributed by atoms with Gasteiger partial charge in [-0.1, -0.05) is 6.92 Å². The summed E-state index contributed by atoms with van der Waals surface area (Å²) >= 11 is 0. The number of benzene rings is 1. The van der Waals surface area contributed by atoms with Crippen LogP contribution in [0.2, 0.25) is 0 Å². The number of carbonyl (C=O) groups excluding carboxylic acids is 1. The van der Waals surface area contributed by atoms with E-state index in [4.69, 9.17) is 4.74 Å². The molecule has 3 unspecified atom stereocenters. The summed E-state index contributed by atoms with van der Waals surface area (Å²) in [6.45, 7) is 5.97. The first kappa shape index (κ1) is 20.0. The number of amides is 1. The molecule has 4 heterocycles. The minimum Gasteiger partial charge on any atom is -0.356 e. The molecular formula is C24H34N4O2. The molecule has 0 saturated carbocycles. The first-order valence-corrected chi connectivity index (χ1v) is 11.8. The van der Waals surface area contributed by atoms with Crippen LogP contribution in [0.4, 0.5) is 5.69 Å². The summed E-state index contributed by atoms with van der Waals surface area (Å²) in [6, 6.07) is 7.92. The third kappa shape index (κ3) is 3.54. The molecule has 0 spiro atoms. The van der Waals surface area contributed by atoms with Crippen LogP contribution >= 0.6 is 0 Å². The zero-order valence-electron chi connectivity index (χ0n) is 18.3. The number of carbonyl (C=O) groups is 1. The Bertz CT molecular complexity index is 890. The van der Waals surface area contributed by atoms with Crippen molar-refractivity contribution in [2.45, 2.75) is 89.6 Å². The average molecular weight is 411 g/mol. The van der Waals surface area contributed by atoms with Crippen LogP contribution in [0.15, 0.2) is 24.4 Å². The Morgan fingerprint density at radius 1 is 1.20 bits per heavy atom. The van der Waals surface area contributed by atoms with Gasteiger partial charge in [-0.2, -0.15) is 5.10 Å². The van der Waals surface area contributed by atoms with Gasteiger partial charge in [0.05, 0.1) is 11.7 Å². The standard InChI is InChI=1S/C24H34N4O2/c1-3-11-26-19-7-8-20(26)15-22(14-19)27(17(2)29)21-9-10-23-18(13-21)16-25-28(23)24-6-4-5-12-30-24/h9-10,13,16,19-20,22,24H,3-8,11-12,14-15H2,1-2H3. The van der Waals surface area contributed by atoms with Crippen LogP contribution in [0.3, 0.4) is 0 Å². The highest BCUT2D eigenvalue weighted by molar-refractivity contribution is 5.95. The van der Waals surface area contributed by atoms with Crippen LogP contribution in [0.5, 0.6) is 0 Å². The lowest BCUT2D eigenvalue weighted by Gasteiger charge is -2.43. The molecule has 3 saturated heterocycles. The second-order valence-corrected chi connectivity index (χ2v) is 9.29. The lowest BCUT2D eigenvalue weighted by molar-refractivity contribution is -0.117. The fourth-order valence-electron chi connectivity index (χ4n) is 6.07. The minimum atomic E-state index is 0.0320. The molecule has 3 fully saturated rings. The Labute approximate surface area is 179 Å². The van der Waals surface area contributed by atoms with Gasteiger partial charge in [-0.25, -0.2) is 4.68 Å². The fraction of sp³-hybridized carbons (Fsp3) is 0.667. The molecule has 1 aromatic carbocycles. The van der Waals surface area contributed by atoms with E-state index < -0.39 is 0 Å². The molecule has 5 rings (SSSR count). The van der Waals surface area contributed by atoms with Gasteiger partial charge in [0, 0.05) is 42.7 Å². The highest BCUT2D eigenvalue weighted by Crippen LogP contribution is 2.39. The van der Waals surface area contributed by atoms with Gasteiger partial charge in [0.1, 0.15) is 0 Å². The Kier molecular flexibility index (Phi) is 5.54. The SMILES string of the molecule is CCCN1C2CCC1CC(N(C(C)=O)c1ccc3c(cnn3C3CCCCO3)c1)C2. The molecule has 6 heteroatoms. The molecule has 2 aromatic rings. The smallest absolute Gasteiger partial charge is 0.224 e. The van der Waals surface area contributed by atoms with Crippen LogP contribution in [-0.2, 0) is 9.53 Å². The molecule has 162 valence electrons. The lowest BCUT2D eigenvalue weighted by Crippen LogP contribution is -2.52. The molecule has 30 heavy (non-hydrogen) atoms. The summed E-state index contributed by atoms with van der Waals surface area (Å²) in [4.78, 5) is 17.5. The molecule has 3 aliphatic heterocycles. The van der Waals surface area contributed by atoms with Gasteiger partial charge in [-0.05, 0) is 76.1 Å². The van der Waals surface area contributed by atoms with Crippen molar-refractivity contribution in [3.63, 3.8) is 0 Å². The number of ether oxygens (including phenoxy) is 1. The average Bonchev–Trinajstić information content (AvgIpc) is 3.26. The van der Waals surface area contributed by atoms with Crippen LogP contribution in [0.1, 0.15) is 71.4 Å². The summed E-state index contributed by atoms with van der Waals surface area (Å²) in [5.74, 6) is 0.144. The zero-order valence-corrected chi connectivity index (χ0v) is 18.3. The van der Waals surface area contributed by atoms with Crippen molar-refractivity contribution in [2.24, 2.45) is 0 Å². The van der Waals surface area contributed by atoms with E-state index in [9.17, 15) is 4.79 Å². The van der Waals surface area contributed by atoms with E-state index >= 15 is 0 Å². The van der Waals surface area contributed by atoms with E-state index in [1.54, 1.807) is 6.92 Å². The maximum Gasteiger partial charge on any atom is 0.224 e. The van der Waals surface area contributed by atoms with Crippen LogP contribution in [0, 0.1) is 0 Å². The molecule has 2 bridgehead atoms. The number of anilines is 1. The topological polar surface area (TPSA) is 50.6 Å². The Balaban J connectivity index is 1.40. The Morgan fingerprint density at radius 2 is 2.00 bits per heavy atom. The molecule has 3 aliphatic rings. The van der Waals surface area contributed by atoms with Crippen molar-refractivity contribution in [3.05, 3.63) is 24.4 Å². The van der Waals surface area contributed by atoms with E-state index in [1.165, 1.54) is 32.2 Å². The van der Waals surface area contributed by atoms with Crippen LogP contribution in [0.25, 0.3) is 10.9 Å². The quantitative estimate of drug-likeness (QED) is 0.729. The van der Waals surface area contributed by atoms with E-state index in [2.05, 4.69) is 40.0 Å². The highest BCUT2D eigenvalue weighted by Gasteiger charge is 2.42. The summed E-state index contributed by atoms with van der Waals surface area (Å²) in [6.07, 6.45) is 11.2. The van der Waals surface area contributed by atoms with Crippen LogP contribution < -0.4 is 4.90 Å². The number of nitrogens with zero attached hydrogens (tertiary/aromatic N) is 4. The number of rotatable bonds is 5. The summed E-state index contributed by atoms with van der Waals surface area (Å²) in [5.41, 5.74) is 2.10. The number of piperidine rings is 1. The molecule has 1 amide bonds. The predicted molar refractivity (Wildman–Crippen MR) is 119 cm³/mol. The monoisotopic (exact) mass is 410 g/mol. The fourth-order valence-corrected chi connectivity index (χ4v) is 6.07. The number of fused-ring (bicyclic) bond motifs is 3. The van der Waals surface area contributed by atoms with Crippen molar-refractivity contribution in [1.29, 1.82) is 0 Å². The molecule has 6 nitrogen and oxygen atoms in total. The van der Waals surface area contributed by atoms with Gasteiger partial charge >= 0.3 is 0 Å². The second-order valence-electron chi connectivity index (χ2n) is 9.29. The maximum absolute atomic E-state index is 12.7. The van der Waals surface area contributed by atoms with Crippen molar-refractivity contribution < 1.29 is 9.53 Å². The highest BCUT2D eigenvalue weighted by atomic mass is 16.5. The van der Waals surface area contributed by atoms with Gasteiger partial charge in [-0.15, -0.1) is 0 Å². The molecule has 1 aromatic heterocycles. The van der Waals surface area contributed by atoms with Crippen molar-refractivity contribution >= 4 is 22.5 Å². The summed E-state index contributed by atoms with van der Waals surface area (Å²) < 4.78 is 7.95. The second kappa shape index (κ2) is 8.31. The summed E-state index contributed by atoms with van der Waals surface area (Å²) in [7, 11) is 0. The lowest BCUT2D eigenvalue weighted by atomic mass is 9.95. The maximum atomic E-state index is 12.7. The van der Waals surface area contributed by atoms with Gasteiger partial charge in [0.15, 0.2) is 6.23 Å². The molecule has 0 N–H and O–H groups in total. The number of aromatic nitrogens is 2. The first-order chi connectivity index (χ1) is 14.7. The van der Waals surface area contributed by atoms with Crippen LogP contribution in [-0.4, -0.2) is 51.9 Å². The zero-order chi connectivity index (χ0) is 20.7. The molecule has 3 atom stereocenters. The normalized spacial score (nSPS) is 29.4. The van der Waals surface area contributed by atoms with E-state index in [0.717, 1.165) is 48.9 Å². The molecular weight excluding hydrogens is 376 g/mol. The largest absolute Gasteiger partial charge is 0.356 e. The van der Waals surface area contributed by atoms with Gasteiger partial charge in [-0.3, -0.25) is 9.69 Å². The van der Waals surface area contributed by atoms with Gasteiger partial charge in [0.2, 0.25) is 5.91 Å². The minimum absolute atomic E-state index is 0.0320. The molecule has 0 radical (unpaired) electrons. The third-order valence-electron chi connectivity index (χ3n) is 7.33. The van der Waals surface area contributed by atoms with Crippen molar-refractivity contribution in [3.8, 4) is 0 Å². The first-order valence-electron chi connectivity index (χ1n) is 11.8. The summed E-state index contributed by atoms with van der Waals surface area (Å²) in [5, 5.41) is 5.71. The number of hydrogen-bond acceptors (Lipinski definition) is 4. The van der Waals surface area contributed by atoms with E-state index in [0.29, 0.717) is 18.1 Å². The van der Waals surface area contributed by atoms with E-state index in [1.807, 2.05) is 10.9 Å². The Hall–Kier alpha value is -1.92. The number of hydrogen-bond donors (Lipinski definition) is 0. The van der Waals surface area contributed by atoms with Gasteiger partial charge < -0.3 is 9.64 Å².